The predicted octanol–water partition coefficient (Wildman–Crippen LogP) is 5.47. The number of para-hydroxylation sites is 1. The lowest BCUT2D eigenvalue weighted by Gasteiger charge is -2.46. The number of rotatable bonds is 8. The number of hydrogen-bond acceptors (Lipinski definition) is 5. The average molecular weight is 589 g/mol. The fourth-order valence-corrected chi connectivity index (χ4v) is 14.1. The van der Waals surface area contributed by atoms with Gasteiger partial charge in [-0.15, -0.1) is 0 Å². The molecule has 2 saturated carbocycles. The number of hydrogen-bond donors (Lipinski definition) is 0. The van der Waals surface area contributed by atoms with Crippen molar-refractivity contribution in [1.29, 1.82) is 0 Å². The molecule has 1 aliphatic heterocycles. The molecule has 0 bridgehead atoms. The summed E-state index contributed by atoms with van der Waals surface area (Å²) < 4.78 is 36.9. The van der Waals surface area contributed by atoms with E-state index in [1.165, 1.54) is 32.9 Å². The topological polar surface area (TPSA) is 89.8 Å². The van der Waals surface area contributed by atoms with Crippen molar-refractivity contribution in [2.24, 2.45) is 17.3 Å². The Morgan fingerprint density at radius 3 is 2.12 bits per heavy atom. The molecule has 6 rings (SSSR count). The summed E-state index contributed by atoms with van der Waals surface area (Å²) in [7, 11) is -7.00. The quantitative estimate of drug-likeness (QED) is 0.198. The van der Waals surface area contributed by atoms with Crippen LogP contribution >= 0.6 is 0 Å². The molecule has 3 aliphatic rings. The zero-order chi connectivity index (χ0) is 29.0. The van der Waals surface area contributed by atoms with E-state index in [-0.39, 0.29) is 27.3 Å². The lowest BCUT2D eigenvalue weighted by Crippen LogP contribution is -2.67. The number of nitro groups is 1. The standard InChI is InChI=1S/C32H36N2O5SSi/c1-31(2,3)41(24-13-6-4-7-14-24,25-15-8-5-9-16-25)39-23-32-26-17-12-20-30(32)33(22-21-27(26)32)40(37,38)29-19-11-10-18-28(29)34(35)36/h4-11,13-16,18-19,21-22,26-27,30H,12,17,20,23H2,1-3H3/t26-,27+,30-,32-/m0/s1. The fraction of sp³-hybridized carbons (Fsp3) is 0.375. The summed E-state index contributed by atoms with van der Waals surface area (Å²) in [5.41, 5.74) is -0.764. The first-order valence-electron chi connectivity index (χ1n) is 14.3. The van der Waals surface area contributed by atoms with Crippen LogP contribution < -0.4 is 10.4 Å². The van der Waals surface area contributed by atoms with Gasteiger partial charge in [0.1, 0.15) is 0 Å². The van der Waals surface area contributed by atoms with E-state index in [1.54, 1.807) is 12.3 Å². The Labute approximate surface area is 243 Å². The minimum absolute atomic E-state index is 0.202. The number of allylic oxidation sites excluding steroid dienone is 1. The number of nitro benzene ring substituents is 1. The van der Waals surface area contributed by atoms with Gasteiger partial charge >= 0.3 is 0 Å². The zero-order valence-corrected chi connectivity index (χ0v) is 25.5. The third kappa shape index (κ3) is 4.20. The van der Waals surface area contributed by atoms with E-state index in [0.29, 0.717) is 18.9 Å². The summed E-state index contributed by atoms with van der Waals surface area (Å²) in [6.07, 6.45) is 6.30. The molecule has 0 N–H and O–H groups in total. The summed E-state index contributed by atoms with van der Waals surface area (Å²) in [5.74, 6) is 0.548. The molecule has 2 fully saturated rings. The Morgan fingerprint density at radius 1 is 0.951 bits per heavy atom. The second kappa shape index (κ2) is 9.92. The Kier molecular flexibility index (Phi) is 6.75. The highest BCUT2D eigenvalue weighted by molar-refractivity contribution is 7.89. The third-order valence-electron chi connectivity index (χ3n) is 9.57. The van der Waals surface area contributed by atoms with Gasteiger partial charge in [0.15, 0.2) is 4.90 Å². The molecule has 3 aromatic carbocycles. The van der Waals surface area contributed by atoms with Gasteiger partial charge in [-0.3, -0.25) is 14.4 Å². The lowest BCUT2D eigenvalue weighted by atomic mass is 9.83. The molecule has 3 aromatic rings. The molecular formula is C32H36N2O5SSi. The van der Waals surface area contributed by atoms with Crippen molar-refractivity contribution in [3.05, 3.63) is 107 Å². The molecule has 9 heteroatoms. The lowest BCUT2D eigenvalue weighted by molar-refractivity contribution is -0.387. The predicted molar refractivity (Wildman–Crippen MR) is 162 cm³/mol. The highest BCUT2D eigenvalue weighted by atomic mass is 32.2. The van der Waals surface area contributed by atoms with E-state index >= 15 is 0 Å². The van der Waals surface area contributed by atoms with Gasteiger partial charge in [0.25, 0.3) is 24.0 Å². The van der Waals surface area contributed by atoms with Gasteiger partial charge in [-0.2, -0.15) is 0 Å². The van der Waals surface area contributed by atoms with Crippen LogP contribution in [0.5, 0.6) is 0 Å². The van der Waals surface area contributed by atoms with Crippen molar-refractivity contribution in [1.82, 2.24) is 4.31 Å². The Morgan fingerprint density at radius 2 is 1.54 bits per heavy atom. The highest BCUT2D eigenvalue weighted by Crippen LogP contribution is 2.70. The normalized spacial score (nSPS) is 25.4. The van der Waals surface area contributed by atoms with Gasteiger partial charge in [0.05, 0.1) is 11.0 Å². The van der Waals surface area contributed by atoms with E-state index in [9.17, 15) is 18.5 Å². The summed E-state index contributed by atoms with van der Waals surface area (Å²) in [5, 5.41) is 13.9. The van der Waals surface area contributed by atoms with Crippen LogP contribution in [0.3, 0.4) is 0 Å². The first kappa shape index (κ1) is 27.9. The minimum Gasteiger partial charge on any atom is -0.407 e. The van der Waals surface area contributed by atoms with Crippen molar-refractivity contribution < 1.29 is 17.8 Å². The molecule has 41 heavy (non-hydrogen) atoms. The largest absolute Gasteiger partial charge is 0.407 e. The van der Waals surface area contributed by atoms with Gasteiger partial charge in [-0.1, -0.05) is 106 Å². The molecule has 214 valence electrons. The summed E-state index contributed by atoms with van der Waals surface area (Å²) in [6.45, 7) is 7.17. The van der Waals surface area contributed by atoms with Gasteiger partial charge in [-0.05, 0) is 46.2 Å². The number of nitrogens with zero attached hydrogens (tertiary/aromatic N) is 2. The Hall–Kier alpha value is -3.27. The SMILES string of the molecule is CC(C)(C)[Si](OC[C@]12[C@@H]3C=CN(S(=O)(=O)c4ccccc4[N+](=O)[O-])[C@H]1CCC[C@@H]32)(c1ccccc1)c1ccccc1. The van der Waals surface area contributed by atoms with Crippen LogP contribution in [0, 0.1) is 27.4 Å². The van der Waals surface area contributed by atoms with Gasteiger partial charge in [0.2, 0.25) is 0 Å². The van der Waals surface area contributed by atoms with Gasteiger partial charge in [-0.25, -0.2) is 8.42 Å². The van der Waals surface area contributed by atoms with E-state index in [0.717, 1.165) is 12.8 Å². The average Bonchev–Trinajstić information content (AvgIpc) is 3.61. The minimum atomic E-state index is -4.16. The monoisotopic (exact) mass is 588 g/mol. The van der Waals surface area contributed by atoms with Crippen LogP contribution in [0.1, 0.15) is 40.0 Å². The van der Waals surface area contributed by atoms with Crippen molar-refractivity contribution in [3.63, 3.8) is 0 Å². The van der Waals surface area contributed by atoms with Crippen LogP contribution in [-0.2, 0) is 14.4 Å². The molecule has 7 nitrogen and oxygen atoms in total. The maximum Gasteiger partial charge on any atom is 0.289 e. The second-order valence-corrected chi connectivity index (χ2v) is 18.7. The van der Waals surface area contributed by atoms with Crippen molar-refractivity contribution >= 4 is 34.4 Å². The van der Waals surface area contributed by atoms with Crippen LogP contribution in [0.4, 0.5) is 5.69 Å². The van der Waals surface area contributed by atoms with E-state index in [4.69, 9.17) is 4.43 Å². The smallest absolute Gasteiger partial charge is 0.289 e. The van der Waals surface area contributed by atoms with Crippen molar-refractivity contribution in [2.75, 3.05) is 6.61 Å². The number of fused-ring (bicyclic) bond motifs is 1. The van der Waals surface area contributed by atoms with Crippen LogP contribution in [-0.4, -0.2) is 38.6 Å². The molecule has 4 atom stereocenters. The summed E-state index contributed by atoms with van der Waals surface area (Å²) >= 11 is 0. The molecule has 0 radical (unpaired) electrons. The first-order chi connectivity index (χ1) is 19.5. The van der Waals surface area contributed by atoms with Crippen molar-refractivity contribution in [3.8, 4) is 0 Å². The Bertz CT molecular complexity index is 1550. The third-order valence-corrected chi connectivity index (χ3v) is 16.4. The van der Waals surface area contributed by atoms with Gasteiger partial charge in [0, 0.05) is 24.3 Å². The van der Waals surface area contributed by atoms with Crippen LogP contribution in [0.15, 0.2) is 102 Å². The summed E-state index contributed by atoms with van der Waals surface area (Å²) in [4.78, 5) is 10.9. The molecule has 0 saturated heterocycles. The van der Waals surface area contributed by atoms with E-state index in [1.807, 2.05) is 18.2 Å². The molecule has 2 aliphatic carbocycles. The molecular weight excluding hydrogens is 553 g/mol. The van der Waals surface area contributed by atoms with E-state index in [2.05, 4.69) is 69.3 Å². The van der Waals surface area contributed by atoms with Crippen molar-refractivity contribution in [2.45, 2.75) is 56.0 Å². The number of benzene rings is 3. The zero-order valence-electron chi connectivity index (χ0n) is 23.6. The van der Waals surface area contributed by atoms with Gasteiger partial charge < -0.3 is 4.43 Å². The number of sulfonamides is 1. The maximum atomic E-state index is 14.1. The molecule has 1 heterocycles. The summed E-state index contributed by atoms with van der Waals surface area (Å²) in [6, 6.07) is 26.3. The van der Waals surface area contributed by atoms with Crippen LogP contribution in [0.2, 0.25) is 5.04 Å². The fourth-order valence-electron chi connectivity index (χ4n) is 7.73. The molecule has 0 spiro atoms. The first-order valence-corrected chi connectivity index (χ1v) is 17.6. The van der Waals surface area contributed by atoms with Crippen LogP contribution in [0.25, 0.3) is 0 Å². The molecule has 0 unspecified atom stereocenters. The highest BCUT2D eigenvalue weighted by Gasteiger charge is 2.72. The second-order valence-electron chi connectivity index (χ2n) is 12.5. The van der Waals surface area contributed by atoms with E-state index < -0.39 is 29.0 Å². The maximum absolute atomic E-state index is 14.1. The molecule has 0 amide bonds. The Balaban J connectivity index is 1.42. The molecule has 0 aromatic heterocycles.